The molecule has 0 bridgehead atoms. The van der Waals surface area contributed by atoms with Crippen molar-refractivity contribution < 1.29 is 4.39 Å². The molecule has 0 aliphatic rings. The highest BCUT2D eigenvalue weighted by Crippen LogP contribution is 2.29. The van der Waals surface area contributed by atoms with Crippen LogP contribution in [0.15, 0.2) is 18.5 Å². The van der Waals surface area contributed by atoms with E-state index in [2.05, 4.69) is 36.1 Å². The van der Waals surface area contributed by atoms with Crippen LogP contribution < -0.4 is 5.32 Å². The fourth-order valence-corrected chi connectivity index (χ4v) is 2.89. The number of aryl methyl sites for hydroxylation is 1. The molecular weight excluding hydrogens is 261 g/mol. The van der Waals surface area contributed by atoms with Crippen LogP contribution in [-0.2, 0) is 13.0 Å². The first-order valence-electron chi connectivity index (χ1n) is 6.43. The Morgan fingerprint density at radius 1 is 1.42 bits per heavy atom. The summed E-state index contributed by atoms with van der Waals surface area (Å²) in [4.78, 5) is 9.50. The van der Waals surface area contributed by atoms with Crippen molar-refractivity contribution in [3.63, 3.8) is 0 Å². The molecule has 0 saturated heterocycles. The minimum Gasteiger partial charge on any atom is -0.310 e. The van der Waals surface area contributed by atoms with Gasteiger partial charge in [0.25, 0.3) is 0 Å². The van der Waals surface area contributed by atoms with E-state index in [0.717, 1.165) is 23.7 Å². The van der Waals surface area contributed by atoms with Crippen LogP contribution in [0.25, 0.3) is 10.6 Å². The summed E-state index contributed by atoms with van der Waals surface area (Å²) in [6.07, 6.45) is 3.68. The van der Waals surface area contributed by atoms with Crippen LogP contribution in [0.5, 0.6) is 0 Å². The van der Waals surface area contributed by atoms with Gasteiger partial charge in [0.15, 0.2) is 5.82 Å². The Labute approximate surface area is 116 Å². The van der Waals surface area contributed by atoms with E-state index in [-0.39, 0.29) is 5.82 Å². The molecule has 0 aromatic carbocycles. The second-order valence-electron chi connectivity index (χ2n) is 4.63. The first kappa shape index (κ1) is 14.1. The molecule has 2 aromatic rings. The van der Waals surface area contributed by atoms with Gasteiger partial charge >= 0.3 is 0 Å². The number of halogens is 1. The van der Waals surface area contributed by atoms with Crippen LogP contribution >= 0.6 is 11.3 Å². The van der Waals surface area contributed by atoms with Crippen molar-refractivity contribution in [1.82, 2.24) is 15.3 Å². The van der Waals surface area contributed by atoms with E-state index in [1.165, 1.54) is 11.1 Å². The van der Waals surface area contributed by atoms with E-state index < -0.39 is 0 Å². The van der Waals surface area contributed by atoms with Gasteiger partial charge in [-0.05, 0) is 12.5 Å². The van der Waals surface area contributed by atoms with Gasteiger partial charge in [-0.2, -0.15) is 0 Å². The molecule has 0 fully saturated rings. The Balaban J connectivity index is 2.31. The lowest BCUT2D eigenvalue weighted by molar-refractivity contribution is 0.590. The SMILES string of the molecule is CCc1nc(-c2ccncc2F)sc1CNC(C)C. The van der Waals surface area contributed by atoms with Crippen molar-refractivity contribution in [3.05, 3.63) is 34.8 Å². The quantitative estimate of drug-likeness (QED) is 0.911. The third kappa shape index (κ3) is 3.36. The van der Waals surface area contributed by atoms with Gasteiger partial charge in [-0.3, -0.25) is 4.98 Å². The monoisotopic (exact) mass is 279 g/mol. The molecule has 3 nitrogen and oxygen atoms in total. The number of thiazole rings is 1. The van der Waals surface area contributed by atoms with Crippen LogP contribution in [0.1, 0.15) is 31.3 Å². The van der Waals surface area contributed by atoms with Crippen LogP contribution in [0.4, 0.5) is 4.39 Å². The van der Waals surface area contributed by atoms with E-state index in [1.54, 1.807) is 23.6 Å². The number of nitrogens with one attached hydrogen (secondary N) is 1. The van der Waals surface area contributed by atoms with Gasteiger partial charge in [0.05, 0.1) is 11.9 Å². The molecule has 2 rings (SSSR count). The van der Waals surface area contributed by atoms with Crippen molar-refractivity contribution >= 4 is 11.3 Å². The predicted octanol–water partition coefficient (Wildman–Crippen LogP) is 3.40. The third-order valence-corrected chi connectivity index (χ3v) is 3.92. The largest absolute Gasteiger partial charge is 0.310 e. The first-order chi connectivity index (χ1) is 9.11. The Bertz CT molecular complexity index is 551. The minimum atomic E-state index is -0.317. The van der Waals surface area contributed by atoms with Crippen LogP contribution in [-0.4, -0.2) is 16.0 Å². The molecule has 19 heavy (non-hydrogen) atoms. The Morgan fingerprint density at radius 2 is 2.21 bits per heavy atom. The van der Waals surface area contributed by atoms with Gasteiger partial charge in [-0.15, -0.1) is 11.3 Å². The summed E-state index contributed by atoms with van der Waals surface area (Å²) in [6, 6.07) is 2.10. The fourth-order valence-electron chi connectivity index (χ4n) is 1.76. The molecule has 2 aromatic heterocycles. The van der Waals surface area contributed by atoms with E-state index in [0.29, 0.717) is 11.6 Å². The van der Waals surface area contributed by atoms with Crippen LogP contribution in [0.3, 0.4) is 0 Å². The highest BCUT2D eigenvalue weighted by Gasteiger charge is 2.14. The van der Waals surface area contributed by atoms with Gasteiger partial charge in [-0.25, -0.2) is 9.37 Å². The summed E-state index contributed by atoms with van der Waals surface area (Å²) in [7, 11) is 0. The molecule has 0 aliphatic heterocycles. The number of hydrogen-bond acceptors (Lipinski definition) is 4. The van der Waals surface area contributed by atoms with E-state index in [1.807, 2.05) is 0 Å². The molecule has 0 radical (unpaired) electrons. The Morgan fingerprint density at radius 3 is 2.84 bits per heavy atom. The summed E-state index contributed by atoms with van der Waals surface area (Å²) in [5, 5.41) is 4.11. The average Bonchev–Trinajstić information content (AvgIpc) is 2.80. The Kier molecular flexibility index (Phi) is 4.61. The van der Waals surface area contributed by atoms with Gasteiger partial charge in [0.1, 0.15) is 5.01 Å². The molecule has 0 aliphatic carbocycles. The van der Waals surface area contributed by atoms with E-state index in [4.69, 9.17) is 0 Å². The predicted molar refractivity (Wildman–Crippen MR) is 76.7 cm³/mol. The lowest BCUT2D eigenvalue weighted by atomic mass is 10.2. The van der Waals surface area contributed by atoms with Crippen molar-refractivity contribution in [3.8, 4) is 10.6 Å². The average molecular weight is 279 g/mol. The highest BCUT2D eigenvalue weighted by atomic mass is 32.1. The number of rotatable bonds is 5. The second-order valence-corrected chi connectivity index (χ2v) is 5.72. The number of nitrogens with zero attached hydrogens (tertiary/aromatic N) is 2. The molecular formula is C14H18FN3S. The summed E-state index contributed by atoms with van der Waals surface area (Å²) in [6.45, 7) is 7.07. The maximum Gasteiger partial charge on any atom is 0.151 e. The fraction of sp³-hybridized carbons (Fsp3) is 0.429. The van der Waals surface area contributed by atoms with Gasteiger partial charge in [0.2, 0.25) is 0 Å². The van der Waals surface area contributed by atoms with Gasteiger partial charge in [0, 0.05) is 29.2 Å². The van der Waals surface area contributed by atoms with Crippen LogP contribution in [0, 0.1) is 5.82 Å². The van der Waals surface area contributed by atoms with Gasteiger partial charge < -0.3 is 5.32 Å². The number of aromatic nitrogens is 2. The zero-order valence-corrected chi connectivity index (χ0v) is 12.2. The van der Waals surface area contributed by atoms with Gasteiger partial charge in [-0.1, -0.05) is 20.8 Å². The molecule has 0 atom stereocenters. The molecule has 102 valence electrons. The number of pyridine rings is 1. The maximum absolute atomic E-state index is 13.7. The molecule has 5 heteroatoms. The zero-order valence-electron chi connectivity index (χ0n) is 11.4. The lowest BCUT2D eigenvalue weighted by Gasteiger charge is -2.06. The zero-order chi connectivity index (χ0) is 13.8. The Hall–Kier alpha value is -1.33. The van der Waals surface area contributed by atoms with Crippen molar-refractivity contribution in [2.24, 2.45) is 0 Å². The second kappa shape index (κ2) is 6.21. The van der Waals surface area contributed by atoms with E-state index >= 15 is 0 Å². The smallest absolute Gasteiger partial charge is 0.151 e. The maximum atomic E-state index is 13.7. The summed E-state index contributed by atoms with van der Waals surface area (Å²) >= 11 is 1.55. The molecule has 2 heterocycles. The summed E-state index contributed by atoms with van der Waals surface area (Å²) in [5.41, 5.74) is 1.58. The standard InChI is InChI=1S/C14H18FN3S/c1-4-12-13(8-17-9(2)3)19-14(18-12)10-5-6-16-7-11(10)15/h5-7,9,17H,4,8H2,1-3H3. The van der Waals surface area contributed by atoms with Crippen molar-refractivity contribution in [1.29, 1.82) is 0 Å². The highest BCUT2D eigenvalue weighted by molar-refractivity contribution is 7.15. The lowest BCUT2D eigenvalue weighted by Crippen LogP contribution is -2.21. The third-order valence-electron chi connectivity index (χ3n) is 2.79. The molecule has 0 saturated carbocycles. The van der Waals surface area contributed by atoms with Crippen molar-refractivity contribution in [2.45, 2.75) is 39.8 Å². The summed E-state index contributed by atoms with van der Waals surface area (Å²) in [5.74, 6) is -0.317. The molecule has 0 spiro atoms. The molecule has 1 N–H and O–H groups in total. The summed E-state index contributed by atoms with van der Waals surface area (Å²) < 4.78 is 13.7. The van der Waals surface area contributed by atoms with Crippen molar-refractivity contribution in [2.75, 3.05) is 0 Å². The minimum absolute atomic E-state index is 0.317. The van der Waals surface area contributed by atoms with E-state index in [9.17, 15) is 4.39 Å². The first-order valence-corrected chi connectivity index (χ1v) is 7.25. The normalized spacial score (nSPS) is 11.2. The topological polar surface area (TPSA) is 37.8 Å². The number of hydrogen-bond donors (Lipinski definition) is 1. The molecule has 0 amide bonds. The molecule has 0 unspecified atom stereocenters. The van der Waals surface area contributed by atoms with Crippen LogP contribution in [0.2, 0.25) is 0 Å².